The predicted molar refractivity (Wildman–Crippen MR) is 88.9 cm³/mol. The molecule has 114 valence electrons. The Morgan fingerprint density at radius 2 is 1.77 bits per heavy atom. The van der Waals surface area contributed by atoms with Crippen LogP contribution in [0.4, 0.5) is 5.69 Å². The van der Waals surface area contributed by atoms with E-state index in [1.54, 1.807) is 26.5 Å². The summed E-state index contributed by atoms with van der Waals surface area (Å²) in [5.41, 5.74) is 1.78. The molecule has 0 aliphatic carbocycles. The Bertz CT molecular complexity index is 648. The number of hydrogen-bond donors (Lipinski definition) is 0. The van der Waals surface area contributed by atoms with Crippen LogP contribution in [0.5, 0.6) is 17.2 Å². The van der Waals surface area contributed by atoms with Crippen LogP contribution in [0.2, 0.25) is 0 Å². The van der Waals surface area contributed by atoms with Gasteiger partial charge in [0.2, 0.25) is 0 Å². The lowest BCUT2D eigenvalue weighted by atomic mass is 10.2. The SMILES string of the molecule is C=CCOc1ccc(C=Nc2ccc(OC)cc2)cc1OC. The highest BCUT2D eigenvalue weighted by molar-refractivity contribution is 5.83. The van der Waals surface area contributed by atoms with Crippen LogP contribution in [0.3, 0.4) is 0 Å². The zero-order chi connectivity index (χ0) is 15.8. The minimum atomic E-state index is 0.440. The third-order valence-electron chi connectivity index (χ3n) is 2.98. The summed E-state index contributed by atoms with van der Waals surface area (Å²) in [5, 5.41) is 0. The van der Waals surface area contributed by atoms with E-state index < -0.39 is 0 Å². The number of nitrogens with zero attached hydrogens (tertiary/aromatic N) is 1. The van der Waals surface area contributed by atoms with Gasteiger partial charge < -0.3 is 14.2 Å². The van der Waals surface area contributed by atoms with Gasteiger partial charge in [-0.2, -0.15) is 0 Å². The van der Waals surface area contributed by atoms with E-state index in [1.165, 1.54) is 0 Å². The normalized spacial score (nSPS) is 10.5. The van der Waals surface area contributed by atoms with Gasteiger partial charge in [-0.15, -0.1) is 0 Å². The number of benzene rings is 2. The van der Waals surface area contributed by atoms with Crippen molar-refractivity contribution in [3.05, 3.63) is 60.7 Å². The van der Waals surface area contributed by atoms with Crippen molar-refractivity contribution in [2.45, 2.75) is 0 Å². The second-order valence-electron chi connectivity index (χ2n) is 4.47. The average molecular weight is 297 g/mol. The van der Waals surface area contributed by atoms with Gasteiger partial charge in [-0.25, -0.2) is 0 Å². The van der Waals surface area contributed by atoms with Gasteiger partial charge in [0.1, 0.15) is 12.4 Å². The molecular formula is C18H19NO3. The Balaban J connectivity index is 2.14. The topological polar surface area (TPSA) is 40.0 Å². The number of aliphatic imine (C=N–C) groups is 1. The van der Waals surface area contributed by atoms with Crippen LogP contribution in [0.25, 0.3) is 0 Å². The lowest BCUT2D eigenvalue weighted by Crippen LogP contribution is -1.97. The van der Waals surface area contributed by atoms with Crippen LogP contribution in [-0.2, 0) is 0 Å². The molecule has 0 N–H and O–H groups in total. The van der Waals surface area contributed by atoms with E-state index in [4.69, 9.17) is 14.2 Å². The molecule has 0 radical (unpaired) electrons. The first-order chi connectivity index (χ1) is 10.8. The van der Waals surface area contributed by atoms with E-state index in [9.17, 15) is 0 Å². The molecule has 2 rings (SSSR count). The summed E-state index contributed by atoms with van der Waals surface area (Å²) in [4.78, 5) is 4.43. The molecule has 2 aromatic rings. The molecule has 0 spiro atoms. The molecule has 4 heteroatoms. The minimum Gasteiger partial charge on any atom is -0.497 e. The van der Waals surface area contributed by atoms with Crippen LogP contribution in [0, 0.1) is 0 Å². The number of ether oxygens (including phenoxy) is 3. The Morgan fingerprint density at radius 3 is 2.41 bits per heavy atom. The van der Waals surface area contributed by atoms with Gasteiger partial charge in [0.25, 0.3) is 0 Å². The summed E-state index contributed by atoms with van der Waals surface area (Å²) in [6.45, 7) is 4.07. The van der Waals surface area contributed by atoms with Gasteiger partial charge >= 0.3 is 0 Å². The maximum Gasteiger partial charge on any atom is 0.161 e. The van der Waals surface area contributed by atoms with E-state index >= 15 is 0 Å². The van der Waals surface area contributed by atoms with Gasteiger partial charge in [-0.3, -0.25) is 4.99 Å². The van der Waals surface area contributed by atoms with Gasteiger partial charge in [-0.1, -0.05) is 12.7 Å². The van der Waals surface area contributed by atoms with Crippen molar-refractivity contribution in [1.82, 2.24) is 0 Å². The second-order valence-corrected chi connectivity index (χ2v) is 4.47. The van der Waals surface area contributed by atoms with Crippen molar-refractivity contribution in [2.75, 3.05) is 20.8 Å². The zero-order valence-corrected chi connectivity index (χ0v) is 12.8. The molecule has 0 saturated carbocycles. The highest BCUT2D eigenvalue weighted by Gasteiger charge is 2.04. The summed E-state index contributed by atoms with van der Waals surface area (Å²) in [7, 11) is 3.25. The predicted octanol–water partition coefficient (Wildman–Crippen LogP) is 4.02. The molecule has 0 aliphatic rings. The fourth-order valence-corrected chi connectivity index (χ4v) is 1.85. The Hall–Kier alpha value is -2.75. The quantitative estimate of drug-likeness (QED) is 0.572. The maximum absolute atomic E-state index is 5.52. The molecule has 0 atom stereocenters. The zero-order valence-electron chi connectivity index (χ0n) is 12.8. The van der Waals surface area contributed by atoms with Crippen molar-refractivity contribution in [3.8, 4) is 17.2 Å². The standard InChI is InChI=1S/C18H19NO3/c1-4-11-22-17-10-5-14(12-18(17)21-3)13-19-15-6-8-16(20-2)9-7-15/h4-10,12-13H,1,11H2,2-3H3. The van der Waals surface area contributed by atoms with Gasteiger partial charge in [0.15, 0.2) is 11.5 Å². The first kappa shape index (κ1) is 15.6. The molecule has 0 bridgehead atoms. The molecule has 4 nitrogen and oxygen atoms in total. The van der Waals surface area contributed by atoms with E-state index in [-0.39, 0.29) is 0 Å². The summed E-state index contributed by atoms with van der Waals surface area (Å²) >= 11 is 0. The van der Waals surface area contributed by atoms with E-state index in [2.05, 4.69) is 11.6 Å². The molecule has 0 aromatic heterocycles. The van der Waals surface area contributed by atoms with Crippen LogP contribution in [0.15, 0.2) is 60.1 Å². The van der Waals surface area contributed by atoms with Crippen LogP contribution in [0.1, 0.15) is 5.56 Å². The highest BCUT2D eigenvalue weighted by Crippen LogP contribution is 2.28. The summed E-state index contributed by atoms with van der Waals surface area (Å²) in [6.07, 6.45) is 3.47. The second kappa shape index (κ2) is 7.88. The number of hydrogen-bond acceptors (Lipinski definition) is 4. The summed E-state index contributed by atoms with van der Waals surface area (Å²) in [6, 6.07) is 13.2. The fourth-order valence-electron chi connectivity index (χ4n) is 1.85. The molecule has 0 amide bonds. The molecule has 0 aliphatic heterocycles. The fraction of sp³-hybridized carbons (Fsp3) is 0.167. The minimum absolute atomic E-state index is 0.440. The van der Waals surface area contributed by atoms with Crippen molar-refractivity contribution in [3.63, 3.8) is 0 Å². The van der Waals surface area contributed by atoms with Crippen LogP contribution >= 0.6 is 0 Å². The molecule has 0 heterocycles. The maximum atomic E-state index is 5.52. The van der Waals surface area contributed by atoms with Crippen LogP contribution in [-0.4, -0.2) is 27.0 Å². The van der Waals surface area contributed by atoms with Gasteiger partial charge in [-0.05, 0) is 48.0 Å². The lowest BCUT2D eigenvalue weighted by Gasteiger charge is -2.09. The van der Waals surface area contributed by atoms with Crippen molar-refractivity contribution >= 4 is 11.9 Å². The van der Waals surface area contributed by atoms with E-state index in [0.29, 0.717) is 18.1 Å². The average Bonchev–Trinajstić information content (AvgIpc) is 2.58. The van der Waals surface area contributed by atoms with E-state index in [1.807, 2.05) is 42.5 Å². The summed E-state index contributed by atoms with van der Waals surface area (Å²) < 4.78 is 16.0. The van der Waals surface area contributed by atoms with Crippen molar-refractivity contribution in [1.29, 1.82) is 0 Å². The first-order valence-corrected chi connectivity index (χ1v) is 6.86. The molecule has 0 saturated heterocycles. The molecule has 0 unspecified atom stereocenters. The Kier molecular flexibility index (Phi) is 5.60. The molecule has 22 heavy (non-hydrogen) atoms. The largest absolute Gasteiger partial charge is 0.497 e. The third kappa shape index (κ3) is 4.12. The third-order valence-corrected chi connectivity index (χ3v) is 2.98. The summed E-state index contributed by atoms with van der Waals surface area (Å²) in [5.74, 6) is 2.16. The lowest BCUT2D eigenvalue weighted by molar-refractivity contribution is 0.326. The van der Waals surface area contributed by atoms with Gasteiger partial charge in [0.05, 0.1) is 19.9 Å². The monoisotopic (exact) mass is 297 g/mol. The highest BCUT2D eigenvalue weighted by atomic mass is 16.5. The molecular weight excluding hydrogens is 278 g/mol. The Morgan fingerprint density at radius 1 is 1.00 bits per heavy atom. The van der Waals surface area contributed by atoms with Crippen molar-refractivity contribution < 1.29 is 14.2 Å². The van der Waals surface area contributed by atoms with Gasteiger partial charge in [0, 0.05) is 6.21 Å². The first-order valence-electron chi connectivity index (χ1n) is 6.86. The molecule has 2 aromatic carbocycles. The van der Waals surface area contributed by atoms with E-state index in [0.717, 1.165) is 17.0 Å². The van der Waals surface area contributed by atoms with Crippen molar-refractivity contribution in [2.24, 2.45) is 4.99 Å². The number of methoxy groups -OCH3 is 2. The molecule has 0 fully saturated rings. The smallest absolute Gasteiger partial charge is 0.161 e. The number of rotatable bonds is 7. The Labute approximate surface area is 130 Å². The van der Waals surface area contributed by atoms with Crippen LogP contribution < -0.4 is 14.2 Å².